The van der Waals surface area contributed by atoms with Gasteiger partial charge in [-0.05, 0) is 32.2 Å². The van der Waals surface area contributed by atoms with Gasteiger partial charge >= 0.3 is 0 Å². The Bertz CT molecular complexity index is 489. The average molecular weight is 337 g/mol. The Morgan fingerprint density at radius 1 is 1.35 bits per heavy atom. The topological polar surface area (TPSA) is 42.3 Å². The van der Waals surface area contributed by atoms with Crippen LogP contribution in [0.25, 0.3) is 0 Å². The van der Waals surface area contributed by atoms with Crippen LogP contribution in [0.4, 0.5) is 5.69 Å². The Labute approximate surface area is 129 Å². The third-order valence-electron chi connectivity index (χ3n) is 3.85. The van der Waals surface area contributed by atoms with Gasteiger partial charge in [-0.2, -0.15) is 5.26 Å². The zero-order valence-electron chi connectivity index (χ0n) is 12.1. The number of benzene rings is 1. The van der Waals surface area contributed by atoms with Crippen LogP contribution in [0.3, 0.4) is 0 Å². The quantitative estimate of drug-likeness (QED) is 0.916. The predicted molar refractivity (Wildman–Crippen MR) is 85.9 cm³/mol. The summed E-state index contributed by atoms with van der Waals surface area (Å²) >= 11 is 3.39. The first kappa shape index (κ1) is 15.3. The van der Waals surface area contributed by atoms with Gasteiger partial charge in [-0.3, -0.25) is 4.90 Å². The molecule has 1 atom stereocenters. The molecule has 0 saturated carbocycles. The fourth-order valence-corrected chi connectivity index (χ4v) is 2.77. The molecule has 0 unspecified atom stereocenters. The van der Waals surface area contributed by atoms with Crippen LogP contribution in [0.1, 0.15) is 12.5 Å². The van der Waals surface area contributed by atoms with Crippen molar-refractivity contribution in [3.8, 4) is 6.07 Å². The first-order chi connectivity index (χ1) is 9.60. The van der Waals surface area contributed by atoms with Crippen molar-refractivity contribution in [1.82, 2.24) is 9.80 Å². The SMILES string of the molecule is C[C@@H](CNc1ccc(Br)cc1C#N)N1CCN(C)CC1. The van der Waals surface area contributed by atoms with Crippen molar-refractivity contribution in [2.75, 3.05) is 45.1 Å². The summed E-state index contributed by atoms with van der Waals surface area (Å²) in [7, 11) is 2.17. The van der Waals surface area contributed by atoms with Gasteiger partial charge in [0.25, 0.3) is 0 Å². The van der Waals surface area contributed by atoms with E-state index in [9.17, 15) is 0 Å². The van der Waals surface area contributed by atoms with Crippen molar-refractivity contribution < 1.29 is 0 Å². The maximum Gasteiger partial charge on any atom is 0.101 e. The van der Waals surface area contributed by atoms with Crippen molar-refractivity contribution in [3.63, 3.8) is 0 Å². The maximum atomic E-state index is 9.16. The van der Waals surface area contributed by atoms with E-state index in [0.29, 0.717) is 11.6 Å². The number of rotatable bonds is 4. The number of nitrogens with zero attached hydrogens (tertiary/aromatic N) is 3. The van der Waals surface area contributed by atoms with Crippen molar-refractivity contribution >= 4 is 21.6 Å². The van der Waals surface area contributed by atoms with Gasteiger partial charge in [-0.25, -0.2) is 0 Å². The molecule has 0 amide bonds. The van der Waals surface area contributed by atoms with Gasteiger partial charge in [0.05, 0.1) is 11.3 Å². The minimum atomic E-state index is 0.471. The second-order valence-electron chi connectivity index (χ2n) is 5.37. The van der Waals surface area contributed by atoms with Crippen LogP contribution in [0.2, 0.25) is 0 Å². The van der Waals surface area contributed by atoms with Crippen molar-refractivity contribution in [2.24, 2.45) is 0 Å². The first-order valence-electron chi connectivity index (χ1n) is 6.96. The third kappa shape index (κ3) is 3.95. The summed E-state index contributed by atoms with van der Waals surface area (Å²) in [5.74, 6) is 0. The number of piperazine rings is 1. The fourth-order valence-electron chi connectivity index (χ4n) is 2.41. The zero-order valence-corrected chi connectivity index (χ0v) is 13.7. The predicted octanol–water partition coefficient (Wildman–Crippen LogP) is 2.37. The van der Waals surface area contributed by atoms with Gasteiger partial charge in [0.15, 0.2) is 0 Å². The lowest BCUT2D eigenvalue weighted by Crippen LogP contribution is -2.49. The van der Waals surface area contributed by atoms with Gasteiger partial charge < -0.3 is 10.2 Å². The van der Waals surface area contributed by atoms with Gasteiger partial charge in [0.2, 0.25) is 0 Å². The van der Waals surface area contributed by atoms with Crippen LogP contribution in [0.15, 0.2) is 22.7 Å². The Hall–Kier alpha value is -1.09. The van der Waals surface area contributed by atoms with E-state index in [4.69, 9.17) is 5.26 Å². The lowest BCUT2D eigenvalue weighted by atomic mass is 10.1. The summed E-state index contributed by atoms with van der Waals surface area (Å²) in [6, 6.07) is 8.47. The molecule has 0 aromatic heterocycles. The molecule has 1 heterocycles. The maximum absolute atomic E-state index is 9.16. The molecular formula is C15H21BrN4. The summed E-state index contributed by atoms with van der Waals surface area (Å²) in [5, 5.41) is 12.6. The number of nitrogens with one attached hydrogen (secondary N) is 1. The molecule has 0 aliphatic carbocycles. The molecule has 1 N–H and O–H groups in total. The second kappa shape index (κ2) is 7.07. The highest BCUT2D eigenvalue weighted by Crippen LogP contribution is 2.20. The summed E-state index contributed by atoms with van der Waals surface area (Å²) in [4.78, 5) is 4.86. The molecule has 108 valence electrons. The van der Waals surface area contributed by atoms with E-state index in [1.807, 2.05) is 18.2 Å². The molecule has 5 heteroatoms. The van der Waals surface area contributed by atoms with Crippen molar-refractivity contribution in [3.05, 3.63) is 28.2 Å². The van der Waals surface area contributed by atoms with Gasteiger partial charge in [0.1, 0.15) is 6.07 Å². The number of halogens is 1. The third-order valence-corrected chi connectivity index (χ3v) is 4.34. The number of hydrogen-bond acceptors (Lipinski definition) is 4. The monoisotopic (exact) mass is 336 g/mol. The molecule has 1 aliphatic heterocycles. The number of hydrogen-bond donors (Lipinski definition) is 1. The molecule has 1 saturated heterocycles. The van der Waals surface area contributed by atoms with E-state index >= 15 is 0 Å². The molecule has 1 aromatic carbocycles. The number of anilines is 1. The van der Waals surface area contributed by atoms with E-state index in [1.165, 1.54) is 0 Å². The summed E-state index contributed by atoms with van der Waals surface area (Å²) in [6.45, 7) is 7.59. The Kier molecular flexibility index (Phi) is 5.41. The van der Waals surface area contributed by atoms with E-state index in [2.05, 4.69) is 51.1 Å². The average Bonchev–Trinajstić information content (AvgIpc) is 2.46. The minimum Gasteiger partial charge on any atom is -0.382 e. The molecule has 1 aliphatic rings. The second-order valence-corrected chi connectivity index (χ2v) is 6.29. The summed E-state index contributed by atoms with van der Waals surface area (Å²) in [6.07, 6.45) is 0. The van der Waals surface area contributed by atoms with Crippen molar-refractivity contribution in [1.29, 1.82) is 5.26 Å². The van der Waals surface area contributed by atoms with Gasteiger partial charge in [-0.15, -0.1) is 0 Å². The van der Waals surface area contributed by atoms with Crippen LogP contribution in [0, 0.1) is 11.3 Å². The summed E-state index contributed by atoms with van der Waals surface area (Å²) < 4.78 is 0.937. The van der Waals surface area contributed by atoms with Crippen LogP contribution in [0.5, 0.6) is 0 Å². The number of nitriles is 1. The smallest absolute Gasteiger partial charge is 0.101 e. The van der Waals surface area contributed by atoms with Crippen LogP contribution >= 0.6 is 15.9 Å². The van der Waals surface area contributed by atoms with Crippen LogP contribution in [-0.2, 0) is 0 Å². The molecule has 1 aromatic rings. The molecule has 20 heavy (non-hydrogen) atoms. The standard InChI is InChI=1S/C15H21BrN4/c1-12(20-7-5-19(2)6-8-20)11-18-15-4-3-14(16)9-13(15)10-17/h3-4,9,12,18H,5-8,11H2,1-2H3/t12-/m0/s1. The normalized spacial score (nSPS) is 18.5. The first-order valence-corrected chi connectivity index (χ1v) is 7.75. The van der Waals surface area contributed by atoms with E-state index < -0.39 is 0 Å². The van der Waals surface area contributed by atoms with Crippen molar-refractivity contribution in [2.45, 2.75) is 13.0 Å². The van der Waals surface area contributed by atoms with Gasteiger partial charge in [0, 0.05) is 43.2 Å². The highest BCUT2D eigenvalue weighted by molar-refractivity contribution is 9.10. The highest BCUT2D eigenvalue weighted by atomic mass is 79.9. The zero-order chi connectivity index (χ0) is 14.5. The van der Waals surface area contributed by atoms with E-state index in [-0.39, 0.29) is 0 Å². The molecule has 0 radical (unpaired) electrons. The number of likely N-dealkylation sites (N-methyl/N-ethyl adjacent to an activating group) is 1. The lowest BCUT2D eigenvalue weighted by Gasteiger charge is -2.36. The minimum absolute atomic E-state index is 0.471. The largest absolute Gasteiger partial charge is 0.382 e. The molecular weight excluding hydrogens is 316 g/mol. The highest BCUT2D eigenvalue weighted by Gasteiger charge is 2.18. The van der Waals surface area contributed by atoms with Gasteiger partial charge in [-0.1, -0.05) is 15.9 Å². The Morgan fingerprint density at radius 3 is 2.70 bits per heavy atom. The lowest BCUT2D eigenvalue weighted by molar-refractivity contribution is 0.123. The Balaban J connectivity index is 1.90. The van der Waals surface area contributed by atoms with E-state index in [0.717, 1.165) is 42.9 Å². The fraction of sp³-hybridized carbons (Fsp3) is 0.533. The van der Waals surface area contributed by atoms with Crippen LogP contribution in [-0.4, -0.2) is 55.6 Å². The Morgan fingerprint density at radius 2 is 2.05 bits per heavy atom. The van der Waals surface area contributed by atoms with E-state index in [1.54, 1.807) is 0 Å². The molecule has 0 bridgehead atoms. The summed E-state index contributed by atoms with van der Waals surface area (Å²) in [5.41, 5.74) is 1.60. The molecule has 0 spiro atoms. The molecule has 4 nitrogen and oxygen atoms in total. The molecule has 1 fully saturated rings. The van der Waals surface area contributed by atoms with Crippen LogP contribution < -0.4 is 5.32 Å². The molecule has 2 rings (SSSR count).